The van der Waals surface area contributed by atoms with Crippen LogP contribution in [0.5, 0.6) is 0 Å². The molecule has 1 atom stereocenters. The standard InChI is InChI=1S/C16H21N3O4S2/c1-24(20,21)17-12-14-13-19(11-10-18-9-5-8-16(14)18)25(22,23)15-6-3-2-4-7-15/h2-9,14,17H,10-13H2,1H3. The first-order chi connectivity index (χ1) is 11.8. The highest BCUT2D eigenvalue weighted by molar-refractivity contribution is 7.89. The van der Waals surface area contributed by atoms with Crippen LogP contribution in [0.1, 0.15) is 11.6 Å². The highest BCUT2D eigenvalue weighted by Gasteiger charge is 2.31. The van der Waals surface area contributed by atoms with Gasteiger partial charge in [0.2, 0.25) is 20.0 Å². The molecular formula is C16H21N3O4S2. The molecule has 0 fully saturated rings. The summed E-state index contributed by atoms with van der Waals surface area (Å²) in [4.78, 5) is 0.247. The van der Waals surface area contributed by atoms with E-state index in [1.54, 1.807) is 30.3 Å². The summed E-state index contributed by atoms with van der Waals surface area (Å²) in [6.07, 6.45) is 2.99. The van der Waals surface area contributed by atoms with E-state index in [9.17, 15) is 16.8 Å². The molecule has 1 aliphatic heterocycles. The van der Waals surface area contributed by atoms with Crippen LogP contribution in [0.25, 0.3) is 0 Å². The highest BCUT2D eigenvalue weighted by Crippen LogP contribution is 2.25. The largest absolute Gasteiger partial charge is 0.350 e. The second-order valence-electron chi connectivity index (χ2n) is 6.12. The monoisotopic (exact) mass is 383 g/mol. The molecule has 1 aliphatic rings. The molecule has 136 valence electrons. The van der Waals surface area contributed by atoms with E-state index >= 15 is 0 Å². The minimum atomic E-state index is -3.62. The third-order valence-electron chi connectivity index (χ3n) is 4.27. The molecule has 1 aromatic heterocycles. The number of nitrogens with one attached hydrogen (secondary N) is 1. The highest BCUT2D eigenvalue weighted by atomic mass is 32.2. The Hall–Kier alpha value is -1.68. The lowest BCUT2D eigenvalue weighted by atomic mass is 10.1. The van der Waals surface area contributed by atoms with E-state index in [1.165, 1.54) is 4.31 Å². The van der Waals surface area contributed by atoms with Gasteiger partial charge in [0.1, 0.15) is 0 Å². The van der Waals surface area contributed by atoms with Crippen molar-refractivity contribution in [2.24, 2.45) is 0 Å². The van der Waals surface area contributed by atoms with Crippen molar-refractivity contribution in [3.05, 3.63) is 54.4 Å². The Morgan fingerprint density at radius 2 is 1.76 bits per heavy atom. The average Bonchev–Trinajstić information content (AvgIpc) is 2.95. The van der Waals surface area contributed by atoms with E-state index in [-0.39, 0.29) is 23.9 Å². The molecule has 25 heavy (non-hydrogen) atoms. The van der Waals surface area contributed by atoms with Gasteiger partial charge in [0.15, 0.2) is 0 Å². The summed E-state index contributed by atoms with van der Waals surface area (Å²) in [5.41, 5.74) is 0.932. The molecule has 0 radical (unpaired) electrons. The third kappa shape index (κ3) is 4.12. The molecule has 1 N–H and O–H groups in total. The maximum absolute atomic E-state index is 12.9. The van der Waals surface area contributed by atoms with Crippen LogP contribution in [0.4, 0.5) is 0 Å². The first-order valence-corrected chi connectivity index (χ1v) is 11.3. The van der Waals surface area contributed by atoms with Crippen LogP contribution in [-0.4, -0.2) is 51.6 Å². The van der Waals surface area contributed by atoms with E-state index in [2.05, 4.69) is 4.72 Å². The first kappa shape index (κ1) is 18.1. The second kappa shape index (κ2) is 6.91. The number of nitrogens with zero attached hydrogens (tertiary/aromatic N) is 2. The molecule has 0 aliphatic carbocycles. The van der Waals surface area contributed by atoms with Gasteiger partial charge in [-0.25, -0.2) is 21.6 Å². The van der Waals surface area contributed by atoms with Gasteiger partial charge < -0.3 is 4.57 Å². The number of sulfonamides is 2. The predicted octanol–water partition coefficient (Wildman–Crippen LogP) is 0.825. The zero-order valence-electron chi connectivity index (χ0n) is 13.9. The summed E-state index contributed by atoms with van der Waals surface area (Å²) < 4.78 is 54.7. The van der Waals surface area contributed by atoms with E-state index in [4.69, 9.17) is 0 Å². The van der Waals surface area contributed by atoms with Gasteiger partial charge >= 0.3 is 0 Å². The topological polar surface area (TPSA) is 88.5 Å². The third-order valence-corrected chi connectivity index (χ3v) is 6.84. The molecule has 9 heteroatoms. The molecule has 7 nitrogen and oxygen atoms in total. The Balaban J connectivity index is 1.90. The van der Waals surface area contributed by atoms with Crippen molar-refractivity contribution in [2.75, 3.05) is 25.9 Å². The average molecular weight is 383 g/mol. The Kier molecular flexibility index (Phi) is 5.01. The molecule has 1 unspecified atom stereocenters. The number of benzene rings is 1. The summed E-state index contributed by atoms with van der Waals surface area (Å²) in [5, 5.41) is 0. The fourth-order valence-corrected chi connectivity index (χ4v) is 5.03. The second-order valence-corrected chi connectivity index (χ2v) is 9.89. The van der Waals surface area contributed by atoms with Crippen molar-refractivity contribution in [3.63, 3.8) is 0 Å². The van der Waals surface area contributed by atoms with Crippen molar-refractivity contribution >= 4 is 20.0 Å². The first-order valence-electron chi connectivity index (χ1n) is 7.92. The van der Waals surface area contributed by atoms with Crippen LogP contribution in [0, 0.1) is 0 Å². The Labute approximate surface area is 148 Å². The summed E-state index contributed by atoms with van der Waals surface area (Å²) in [6, 6.07) is 12.1. The number of fused-ring (bicyclic) bond motifs is 1. The van der Waals surface area contributed by atoms with E-state index < -0.39 is 20.0 Å². The minimum absolute atomic E-state index is 0.156. The zero-order valence-corrected chi connectivity index (χ0v) is 15.5. The van der Waals surface area contributed by atoms with Crippen molar-refractivity contribution < 1.29 is 16.8 Å². The lowest BCUT2D eigenvalue weighted by Gasteiger charge is -2.24. The molecule has 2 aromatic rings. The molecule has 2 heterocycles. The van der Waals surface area contributed by atoms with Crippen LogP contribution < -0.4 is 4.72 Å². The van der Waals surface area contributed by atoms with Gasteiger partial charge in [-0.15, -0.1) is 0 Å². The van der Waals surface area contributed by atoms with Crippen LogP contribution >= 0.6 is 0 Å². The summed E-state index contributed by atoms with van der Waals surface area (Å²) in [5.74, 6) is -0.259. The van der Waals surface area contributed by atoms with Crippen LogP contribution in [0.2, 0.25) is 0 Å². The molecule has 3 rings (SSSR count). The van der Waals surface area contributed by atoms with Gasteiger partial charge in [0.25, 0.3) is 0 Å². The van der Waals surface area contributed by atoms with Gasteiger partial charge in [-0.2, -0.15) is 4.31 Å². The van der Waals surface area contributed by atoms with Crippen molar-refractivity contribution in [1.82, 2.24) is 13.6 Å². The fourth-order valence-electron chi connectivity index (χ4n) is 3.03. The van der Waals surface area contributed by atoms with Gasteiger partial charge in [-0.1, -0.05) is 18.2 Å². The maximum atomic E-state index is 12.9. The Morgan fingerprint density at radius 3 is 2.44 bits per heavy atom. The fraction of sp³-hybridized carbons (Fsp3) is 0.375. The molecule has 0 amide bonds. The molecule has 1 aromatic carbocycles. The number of aromatic nitrogens is 1. The SMILES string of the molecule is CS(=O)(=O)NCC1CN(S(=O)(=O)c2ccccc2)CCn2cccc21. The van der Waals surface area contributed by atoms with Crippen molar-refractivity contribution in [1.29, 1.82) is 0 Å². The van der Waals surface area contributed by atoms with Crippen LogP contribution in [-0.2, 0) is 26.6 Å². The summed E-state index contributed by atoms with van der Waals surface area (Å²) in [7, 11) is -6.98. The van der Waals surface area contributed by atoms with E-state index in [0.29, 0.717) is 13.1 Å². The normalized spacial score (nSPS) is 19.3. The van der Waals surface area contributed by atoms with Crippen molar-refractivity contribution in [2.45, 2.75) is 17.4 Å². The maximum Gasteiger partial charge on any atom is 0.243 e. The molecule has 0 saturated carbocycles. The van der Waals surface area contributed by atoms with Crippen LogP contribution in [0.15, 0.2) is 53.6 Å². The molecular weight excluding hydrogens is 362 g/mol. The lowest BCUT2D eigenvalue weighted by Crippen LogP contribution is -2.38. The van der Waals surface area contributed by atoms with Crippen molar-refractivity contribution in [3.8, 4) is 0 Å². The van der Waals surface area contributed by atoms with Gasteiger partial charge in [-0.3, -0.25) is 0 Å². The van der Waals surface area contributed by atoms with E-state index in [1.807, 2.05) is 22.9 Å². The molecule has 0 spiro atoms. The minimum Gasteiger partial charge on any atom is -0.350 e. The quantitative estimate of drug-likeness (QED) is 0.828. The number of hydrogen-bond donors (Lipinski definition) is 1. The predicted molar refractivity (Wildman–Crippen MR) is 95.2 cm³/mol. The number of rotatable bonds is 5. The summed E-state index contributed by atoms with van der Waals surface area (Å²) >= 11 is 0. The smallest absolute Gasteiger partial charge is 0.243 e. The Morgan fingerprint density at radius 1 is 1.04 bits per heavy atom. The van der Waals surface area contributed by atoms with Gasteiger partial charge in [0, 0.05) is 44.0 Å². The van der Waals surface area contributed by atoms with Gasteiger partial charge in [0.05, 0.1) is 11.2 Å². The summed E-state index contributed by atoms with van der Waals surface area (Å²) in [6.45, 7) is 1.26. The van der Waals surface area contributed by atoms with Crippen LogP contribution in [0.3, 0.4) is 0 Å². The number of hydrogen-bond acceptors (Lipinski definition) is 4. The zero-order chi connectivity index (χ0) is 18.1. The van der Waals surface area contributed by atoms with Gasteiger partial charge in [-0.05, 0) is 24.3 Å². The lowest BCUT2D eigenvalue weighted by molar-refractivity contribution is 0.392. The van der Waals surface area contributed by atoms with E-state index in [0.717, 1.165) is 11.9 Å². The molecule has 0 bridgehead atoms. The molecule has 0 saturated heterocycles. The Bertz CT molecular complexity index is 937.